The SMILES string of the molecule is COc1ccc(C(OC[C@H]2O[C@@H](n3cc(C)c(=O)[nH]c3=O)C[C@@H]2OC(=O)COCC(=O)O)(c2ccccc2)c2ccc(OC)cc2)cc1. The molecule has 1 fully saturated rings. The van der Waals surface area contributed by atoms with Crippen molar-refractivity contribution in [2.45, 2.75) is 37.4 Å². The van der Waals surface area contributed by atoms with Crippen molar-refractivity contribution in [3.05, 3.63) is 128 Å². The van der Waals surface area contributed by atoms with Crippen LogP contribution in [-0.2, 0) is 34.1 Å². The fraction of sp³-hybridized carbons (Fsp3) is 0.314. The number of hydrogen-bond acceptors (Lipinski definition) is 10. The van der Waals surface area contributed by atoms with Gasteiger partial charge in [-0.05, 0) is 47.9 Å². The molecule has 0 aliphatic carbocycles. The van der Waals surface area contributed by atoms with E-state index in [1.165, 1.54) is 10.8 Å². The topological polar surface area (TPSA) is 165 Å². The highest BCUT2D eigenvalue weighted by atomic mass is 16.6. The van der Waals surface area contributed by atoms with Gasteiger partial charge in [0, 0.05) is 18.2 Å². The summed E-state index contributed by atoms with van der Waals surface area (Å²) >= 11 is 0. The molecule has 3 aromatic carbocycles. The molecule has 1 aromatic heterocycles. The molecule has 0 amide bonds. The zero-order valence-corrected chi connectivity index (χ0v) is 26.6. The second-order valence-corrected chi connectivity index (χ2v) is 11.1. The molecular formula is C35H36N2O11. The third kappa shape index (κ3) is 7.49. The molecule has 252 valence electrons. The Hall–Kier alpha value is -5.24. The number of carboxylic acids is 1. The van der Waals surface area contributed by atoms with Crippen LogP contribution in [0.25, 0.3) is 0 Å². The van der Waals surface area contributed by atoms with Crippen LogP contribution in [0, 0.1) is 6.92 Å². The zero-order chi connectivity index (χ0) is 34.3. The smallest absolute Gasteiger partial charge is 0.332 e. The summed E-state index contributed by atoms with van der Waals surface area (Å²) in [6.45, 7) is 0.138. The summed E-state index contributed by atoms with van der Waals surface area (Å²) in [5.41, 5.74) is 0.163. The number of aromatic amines is 1. The molecule has 0 saturated carbocycles. The van der Waals surface area contributed by atoms with Gasteiger partial charge in [-0.15, -0.1) is 0 Å². The minimum Gasteiger partial charge on any atom is -0.497 e. The summed E-state index contributed by atoms with van der Waals surface area (Å²) in [7, 11) is 3.16. The molecule has 13 nitrogen and oxygen atoms in total. The van der Waals surface area contributed by atoms with Crippen LogP contribution >= 0.6 is 0 Å². The largest absolute Gasteiger partial charge is 0.497 e. The molecule has 2 heterocycles. The van der Waals surface area contributed by atoms with Gasteiger partial charge < -0.3 is 33.5 Å². The fourth-order valence-electron chi connectivity index (χ4n) is 5.65. The molecule has 4 aromatic rings. The number of methoxy groups -OCH3 is 2. The van der Waals surface area contributed by atoms with Crippen LogP contribution < -0.4 is 20.7 Å². The van der Waals surface area contributed by atoms with Gasteiger partial charge in [-0.2, -0.15) is 0 Å². The third-order valence-electron chi connectivity index (χ3n) is 8.00. The van der Waals surface area contributed by atoms with E-state index in [1.54, 1.807) is 21.1 Å². The van der Waals surface area contributed by atoms with E-state index in [0.29, 0.717) is 11.5 Å². The first-order valence-electron chi connectivity index (χ1n) is 15.1. The van der Waals surface area contributed by atoms with Gasteiger partial charge in [0.25, 0.3) is 5.56 Å². The average molecular weight is 661 g/mol. The van der Waals surface area contributed by atoms with Gasteiger partial charge in [0.1, 0.15) is 48.7 Å². The van der Waals surface area contributed by atoms with Crippen LogP contribution in [-0.4, -0.2) is 72.8 Å². The third-order valence-corrected chi connectivity index (χ3v) is 8.00. The lowest BCUT2D eigenvalue weighted by atomic mass is 9.80. The highest BCUT2D eigenvalue weighted by Gasteiger charge is 2.44. The maximum absolute atomic E-state index is 12.8. The van der Waals surface area contributed by atoms with Crippen LogP contribution in [0.3, 0.4) is 0 Å². The predicted octanol–water partition coefficient (Wildman–Crippen LogP) is 3.17. The summed E-state index contributed by atoms with van der Waals surface area (Å²) in [6.07, 6.45) is -1.35. The lowest BCUT2D eigenvalue weighted by Crippen LogP contribution is -2.39. The molecule has 5 rings (SSSR count). The second-order valence-electron chi connectivity index (χ2n) is 11.1. The lowest BCUT2D eigenvalue weighted by Gasteiger charge is -2.37. The summed E-state index contributed by atoms with van der Waals surface area (Å²) in [5, 5.41) is 8.88. The van der Waals surface area contributed by atoms with E-state index >= 15 is 0 Å². The maximum atomic E-state index is 12.8. The molecule has 1 saturated heterocycles. The molecule has 0 unspecified atom stereocenters. The number of aromatic nitrogens is 2. The van der Waals surface area contributed by atoms with E-state index < -0.39 is 60.4 Å². The minimum atomic E-state index is -1.24. The van der Waals surface area contributed by atoms with Crippen molar-refractivity contribution in [3.63, 3.8) is 0 Å². The number of carboxylic acid groups (broad SMARTS) is 1. The van der Waals surface area contributed by atoms with Gasteiger partial charge in [0.15, 0.2) is 0 Å². The molecule has 0 bridgehead atoms. The Balaban J connectivity index is 1.54. The summed E-state index contributed by atoms with van der Waals surface area (Å²) < 4.78 is 36.0. The number of hydrogen-bond donors (Lipinski definition) is 2. The average Bonchev–Trinajstić information content (AvgIpc) is 3.49. The summed E-state index contributed by atoms with van der Waals surface area (Å²) in [6, 6.07) is 24.5. The molecule has 1 aliphatic rings. The zero-order valence-electron chi connectivity index (χ0n) is 26.6. The van der Waals surface area contributed by atoms with Gasteiger partial charge >= 0.3 is 17.6 Å². The number of carbonyl (C=O) groups excluding carboxylic acids is 1. The number of aliphatic carboxylic acids is 1. The van der Waals surface area contributed by atoms with Crippen molar-refractivity contribution in [1.82, 2.24) is 9.55 Å². The van der Waals surface area contributed by atoms with Crippen LogP contribution in [0.1, 0.15) is 34.9 Å². The molecule has 3 atom stereocenters. The standard InChI is InChI=1S/C35H36N2O11/c1-22-18-37(34(42)36-33(22)41)30-17-28(48-32(40)21-45-20-31(38)39)29(47-30)19-46-35(23-7-5-4-6-8-23,24-9-13-26(43-2)14-10-24)25-11-15-27(44-3)16-12-25/h4-16,18,28-30H,17,19-21H2,1-3H3,(H,38,39)(H,36,41,42)/t28-,29+,30+/m0/s1. The van der Waals surface area contributed by atoms with Gasteiger partial charge in [0.05, 0.1) is 20.8 Å². The lowest BCUT2D eigenvalue weighted by molar-refractivity contribution is -0.162. The number of H-pyrrole nitrogens is 1. The summed E-state index contributed by atoms with van der Waals surface area (Å²) in [5.74, 6) is -0.757. The van der Waals surface area contributed by atoms with Crippen LogP contribution in [0.5, 0.6) is 11.5 Å². The van der Waals surface area contributed by atoms with Crippen LogP contribution in [0.4, 0.5) is 0 Å². The first-order chi connectivity index (χ1) is 23.1. The van der Waals surface area contributed by atoms with Gasteiger partial charge in [-0.3, -0.25) is 14.3 Å². The first-order valence-corrected chi connectivity index (χ1v) is 15.1. The van der Waals surface area contributed by atoms with Gasteiger partial charge in [-0.25, -0.2) is 14.4 Å². The van der Waals surface area contributed by atoms with E-state index in [1.807, 2.05) is 78.9 Å². The van der Waals surface area contributed by atoms with E-state index in [9.17, 15) is 19.2 Å². The van der Waals surface area contributed by atoms with E-state index in [-0.39, 0.29) is 18.6 Å². The molecule has 2 N–H and O–H groups in total. The van der Waals surface area contributed by atoms with Crippen molar-refractivity contribution in [2.24, 2.45) is 0 Å². The number of carbonyl (C=O) groups is 2. The monoisotopic (exact) mass is 660 g/mol. The Kier molecular flexibility index (Phi) is 10.7. The fourth-order valence-corrected chi connectivity index (χ4v) is 5.65. The van der Waals surface area contributed by atoms with Crippen molar-refractivity contribution in [1.29, 1.82) is 0 Å². The molecule has 48 heavy (non-hydrogen) atoms. The number of esters is 1. The Morgan fingerprint density at radius 2 is 1.48 bits per heavy atom. The molecule has 0 radical (unpaired) electrons. The van der Waals surface area contributed by atoms with Crippen LogP contribution in [0.15, 0.2) is 94.6 Å². The highest BCUT2D eigenvalue weighted by molar-refractivity contribution is 5.72. The van der Waals surface area contributed by atoms with Gasteiger partial charge in [-0.1, -0.05) is 54.6 Å². The Morgan fingerprint density at radius 1 is 0.896 bits per heavy atom. The normalized spacial score (nSPS) is 17.5. The number of aryl methyl sites for hydroxylation is 1. The minimum absolute atomic E-state index is 0.0352. The second kappa shape index (κ2) is 15.1. The number of nitrogens with zero attached hydrogens (tertiary/aromatic N) is 1. The van der Waals surface area contributed by atoms with E-state index in [0.717, 1.165) is 16.7 Å². The molecule has 13 heteroatoms. The molecule has 1 aliphatic heterocycles. The Labute approximate surface area is 275 Å². The predicted molar refractivity (Wildman–Crippen MR) is 171 cm³/mol. The van der Waals surface area contributed by atoms with Crippen molar-refractivity contribution in [3.8, 4) is 11.5 Å². The molecular weight excluding hydrogens is 624 g/mol. The Bertz CT molecular complexity index is 1770. The van der Waals surface area contributed by atoms with E-state index in [2.05, 4.69) is 4.98 Å². The number of benzene rings is 3. The van der Waals surface area contributed by atoms with Crippen LogP contribution in [0.2, 0.25) is 0 Å². The van der Waals surface area contributed by atoms with Crippen molar-refractivity contribution >= 4 is 11.9 Å². The summed E-state index contributed by atoms with van der Waals surface area (Å²) in [4.78, 5) is 50.7. The van der Waals surface area contributed by atoms with E-state index in [4.69, 9.17) is 33.5 Å². The van der Waals surface area contributed by atoms with Crippen molar-refractivity contribution in [2.75, 3.05) is 34.0 Å². The number of nitrogens with one attached hydrogen (secondary N) is 1. The highest BCUT2D eigenvalue weighted by Crippen LogP contribution is 2.43. The number of ether oxygens (including phenoxy) is 6. The van der Waals surface area contributed by atoms with Gasteiger partial charge in [0.2, 0.25) is 0 Å². The Morgan fingerprint density at radius 3 is 2.04 bits per heavy atom. The maximum Gasteiger partial charge on any atom is 0.332 e. The first kappa shape index (κ1) is 34.1. The number of rotatable bonds is 14. The quantitative estimate of drug-likeness (QED) is 0.151. The molecule has 0 spiro atoms. The van der Waals surface area contributed by atoms with Crippen molar-refractivity contribution < 1.29 is 43.1 Å².